The Balaban J connectivity index is 1.77. The zero-order valence-corrected chi connectivity index (χ0v) is 13.3. The van der Waals surface area contributed by atoms with Crippen LogP contribution in [0.1, 0.15) is 21.8 Å². The molecule has 3 rings (SSSR count). The zero-order valence-electron chi connectivity index (χ0n) is 13.3. The van der Waals surface area contributed by atoms with Gasteiger partial charge in [-0.2, -0.15) is 0 Å². The van der Waals surface area contributed by atoms with Gasteiger partial charge in [-0.15, -0.1) is 0 Å². The monoisotopic (exact) mass is 328 g/mol. The molecule has 0 aliphatic heterocycles. The van der Waals surface area contributed by atoms with Crippen molar-refractivity contribution in [2.45, 2.75) is 13.3 Å². The van der Waals surface area contributed by atoms with E-state index < -0.39 is 11.5 Å². The Morgan fingerprint density at radius 2 is 2.17 bits per heavy atom. The SMILES string of the molecule is COc1cccc2cc(C(=O)NCCc3cc(C)no3)c(=O)oc12. The van der Waals surface area contributed by atoms with Gasteiger partial charge in [0.15, 0.2) is 11.3 Å². The Kier molecular flexibility index (Phi) is 4.33. The minimum atomic E-state index is -0.708. The number of nitrogens with one attached hydrogen (secondary N) is 1. The zero-order chi connectivity index (χ0) is 17.1. The molecule has 124 valence electrons. The maximum atomic E-state index is 12.2. The summed E-state index contributed by atoms with van der Waals surface area (Å²) in [6, 6.07) is 8.48. The van der Waals surface area contributed by atoms with Crippen molar-refractivity contribution in [3.63, 3.8) is 0 Å². The van der Waals surface area contributed by atoms with Gasteiger partial charge in [0.25, 0.3) is 5.91 Å². The van der Waals surface area contributed by atoms with Crippen molar-refractivity contribution in [2.24, 2.45) is 0 Å². The number of amides is 1. The number of para-hydroxylation sites is 1. The summed E-state index contributed by atoms with van der Waals surface area (Å²) < 4.78 is 15.4. The maximum Gasteiger partial charge on any atom is 0.349 e. The van der Waals surface area contributed by atoms with E-state index in [9.17, 15) is 9.59 Å². The van der Waals surface area contributed by atoms with Crippen LogP contribution in [0.4, 0.5) is 0 Å². The molecule has 0 aliphatic rings. The van der Waals surface area contributed by atoms with Crippen molar-refractivity contribution in [1.82, 2.24) is 10.5 Å². The summed E-state index contributed by atoms with van der Waals surface area (Å²) in [7, 11) is 1.49. The fourth-order valence-corrected chi connectivity index (χ4v) is 2.37. The molecule has 1 N–H and O–H groups in total. The second-order valence-corrected chi connectivity index (χ2v) is 5.27. The molecule has 0 atom stereocenters. The number of methoxy groups -OCH3 is 1. The first-order valence-corrected chi connectivity index (χ1v) is 7.39. The lowest BCUT2D eigenvalue weighted by Gasteiger charge is -2.06. The normalized spacial score (nSPS) is 10.8. The van der Waals surface area contributed by atoms with Gasteiger partial charge in [-0.1, -0.05) is 17.3 Å². The lowest BCUT2D eigenvalue weighted by atomic mass is 10.1. The number of hydrogen-bond acceptors (Lipinski definition) is 6. The Bertz CT molecular complexity index is 942. The highest BCUT2D eigenvalue weighted by atomic mass is 16.5. The van der Waals surface area contributed by atoms with E-state index in [1.807, 2.05) is 6.92 Å². The molecule has 3 aromatic rings. The molecule has 0 fully saturated rings. The molecule has 2 heterocycles. The van der Waals surface area contributed by atoms with Gasteiger partial charge in [0.05, 0.1) is 12.8 Å². The predicted molar refractivity (Wildman–Crippen MR) is 86.3 cm³/mol. The Hall–Kier alpha value is -3.09. The minimum absolute atomic E-state index is 0.0514. The largest absolute Gasteiger partial charge is 0.493 e. The van der Waals surface area contributed by atoms with Crippen LogP contribution in [0.2, 0.25) is 0 Å². The molecule has 2 aromatic heterocycles. The van der Waals surface area contributed by atoms with Gasteiger partial charge >= 0.3 is 5.63 Å². The number of benzene rings is 1. The summed E-state index contributed by atoms with van der Waals surface area (Å²) in [4.78, 5) is 24.3. The highest BCUT2D eigenvalue weighted by Gasteiger charge is 2.15. The highest BCUT2D eigenvalue weighted by molar-refractivity contribution is 5.97. The topological polar surface area (TPSA) is 94.6 Å². The molecular weight excluding hydrogens is 312 g/mol. The fourth-order valence-electron chi connectivity index (χ4n) is 2.37. The molecule has 1 amide bonds. The average molecular weight is 328 g/mol. The van der Waals surface area contributed by atoms with E-state index in [4.69, 9.17) is 13.7 Å². The lowest BCUT2D eigenvalue weighted by molar-refractivity contribution is 0.0950. The first kappa shape index (κ1) is 15.8. The van der Waals surface area contributed by atoms with Crippen LogP contribution >= 0.6 is 0 Å². The first-order chi connectivity index (χ1) is 11.6. The Labute approximate surface area is 137 Å². The van der Waals surface area contributed by atoms with Crippen molar-refractivity contribution >= 4 is 16.9 Å². The highest BCUT2D eigenvalue weighted by Crippen LogP contribution is 2.24. The summed E-state index contributed by atoms with van der Waals surface area (Å²) in [6.45, 7) is 2.14. The van der Waals surface area contributed by atoms with Crippen molar-refractivity contribution in [3.8, 4) is 5.75 Å². The summed E-state index contributed by atoms with van der Waals surface area (Å²) >= 11 is 0. The maximum absolute atomic E-state index is 12.2. The molecule has 0 saturated heterocycles. The summed E-state index contributed by atoms with van der Waals surface area (Å²) in [5, 5.41) is 7.06. The van der Waals surface area contributed by atoms with E-state index in [1.54, 1.807) is 24.3 Å². The predicted octanol–water partition coefficient (Wildman–Crippen LogP) is 2.07. The van der Waals surface area contributed by atoms with Crippen LogP contribution in [0.15, 0.2) is 44.1 Å². The summed E-state index contributed by atoms with van der Waals surface area (Å²) in [6.07, 6.45) is 0.485. The van der Waals surface area contributed by atoms with Crippen LogP contribution in [0, 0.1) is 6.92 Å². The quantitative estimate of drug-likeness (QED) is 0.721. The molecule has 7 nitrogen and oxygen atoms in total. The van der Waals surface area contributed by atoms with Crippen molar-refractivity contribution in [2.75, 3.05) is 13.7 Å². The van der Waals surface area contributed by atoms with E-state index >= 15 is 0 Å². The molecular formula is C17H16N2O5. The molecule has 0 spiro atoms. The first-order valence-electron chi connectivity index (χ1n) is 7.39. The fraction of sp³-hybridized carbons (Fsp3) is 0.235. The Morgan fingerprint density at radius 1 is 1.33 bits per heavy atom. The molecule has 0 bridgehead atoms. The van der Waals surface area contributed by atoms with Gasteiger partial charge in [0.2, 0.25) is 0 Å². The third-order valence-electron chi connectivity index (χ3n) is 3.52. The van der Waals surface area contributed by atoms with Crippen LogP contribution in [-0.2, 0) is 6.42 Å². The molecule has 1 aromatic carbocycles. The van der Waals surface area contributed by atoms with Gasteiger partial charge in [0.1, 0.15) is 11.3 Å². The van der Waals surface area contributed by atoms with Crippen LogP contribution in [-0.4, -0.2) is 24.7 Å². The molecule has 0 radical (unpaired) electrons. The number of nitrogens with zero attached hydrogens (tertiary/aromatic N) is 1. The lowest BCUT2D eigenvalue weighted by Crippen LogP contribution is -2.29. The number of aromatic nitrogens is 1. The van der Waals surface area contributed by atoms with E-state index in [1.165, 1.54) is 13.2 Å². The number of rotatable bonds is 5. The van der Waals surface area contributed by atoms with E-state index in [0.717, 1.165) is 5.69 Å². The number of ether oxygens (including phenoxy) is 1. The summed E-state index contributed by atoms with van der Waals surface area (Å²) in [5.74, 6) is 0.616. The van der Waals surface area contributed by atoms with Crippen molar-refractivity contribution in [3.05, 3.63) is 57.8 Å². The molecule has 7 heteroatoms. The van der Waals surface area contributed by atoms with Gasteiger partial charge in [-0.3, -0.25) is 4.79 Å². The number of hydrogen-bond donors (Lipinski definition) is 1. The molecule has 0 saturated carbocycles. The second kappa shape index (κ2) is 6.57. The number of fused-ring (bicyclic) bond motifs is 1. The van der Waals surface area contributed by atoms with Gasteiger partial charge in [-0.05, 0) is 19.1 Å². The van der Waals surface area contributed by atoms with Gasteiger partial charge in [-0.25, -0.2) is 4.79 Å². The number of aryl methyl sites for hydroxylation is 1. The van der Waals surface area contributed by atoms with Crippen LogP contribution in [0.5, 0.6) is 5.75 Å². The summed E-state index contributed by atoms with van der Waals surface area (Å²) in [5.41, 5.74) is 0.337. The standard InChI is InChI=1S/C17H16N2O5/c1-10-8-12(24-19-10)6-7-18-16(20)13-9-11-4-3-5-14(22-2)15(11)23-17(13)21/h3-5,8-9H,6-7H2,1-2H3,(H,18,20). The van der Waals surface area contributed by atoms with Crippen molar-refractivity contribution < 1.29 is 18.5 Å². The smallest absolute Gasteiger partial charge is 0.349 e. The average Bonchev–Trinajstić information content (AvgIpc) is 2.99. The van der Waals surface area contributed by atoms with Crippen LogP contribution in [0.3, 0.4) is 0 Å². The number of carbonyl (C=O) groups is 1. The Morgan fingerprint density at radius 3 is 2.88 bits per heavy atom. The van der Waals surface area contributed by atoms with E-state index in [-0.39, 0.29) is 5.56 Å². The third kappa shape index (κ3) is 3.15. The van der Waals surface area contributed by atoms with Crippen LogP contribution in [0.25, 0.3) is 11.0 Å². The minimum Gasteiger partial charge on any atom is -0.493 e. The van der Waals surface area contributed by atoms with Crippen molar-refractivity contribution in [1.29, 1.82) is 0 Å². The molecule has 24 heavy (non-hydrogen) atoms. The van der Waals surface area contributed by atoms with E-state index in [2.05, 4.69) is 10.5 Å². The van der Waals surface area contributed by atoms with Gasteiger partial charge in [0, 0.05) is 24.4 Å². The molecule has 0 aliphatic carbocycles. The number of carbonyl (C=O) groups excluding carboxylic acids is 1. The van der Waals surface area contributed by atoms with E-state index in [0.29, 0.717) is 35.4 Å². The van der Waals surface area contributed by atoms with Crippen LogP contribution < -0.4 is 15.7 Å². The second-order valence-electron chi connectivity index (χ2n) is 5.27. The third-order valence-corrected chi connectivity index (χ3v) is 3.52. The van der Waals surface area contributed by atoms with Gasteiger partial charge < -0.3 is 19.0 Å². The molecule has 0 unspecified atom stereocenters.